The molecule has 0 aromatic carbocycles. The van der Waals surface area contributed by atoms with E-state index in [1.54, 1.807) is 0 Å². The Bertz CT molecular complexity index is 255. The Morgan fingerprint density at radius 3 is 2.38 bits per heavy atom. The minimum Gasteiger partial charge on any atom is -0.377 e. The van der Waals surface area contributed by atoms with E-state index in [0.29, 0.717) is 44.6 Å². The Hall–Kier alpha value is -0.120. The molecule has 21 heavy (non-hydrogen) atoms. The van der Waals surface area contributed by atoms with Crippen LogP contribution in [0.3, 0.4) is 0 Å². The van der Waals surface area contributed by atoms with E-state index in [2.05, 4.69) is 34.6 Å². The standard InChI is InChI=1S/C18H36O3/c1-6-16(5)20-11-9-19-10-12-21-18-13-15(4)7-8-17(18)14(2)3/h14-18H,6-13H2,1-5H3. The van der Waals surface area contributed by atoms with Gasteiger partial charge in [0.05, 0.1) is 38.6 Å². The van der Waals surface area contributed by atoms with Crippen LogP contribution < -0.4 is 0 Å². The highest BCUT2D eigenvalue weighted by molar-refractivity contribution is 4.81. The lowest BCUT2D eigenvalue weighted by Crippen LogP contribution is -2.35. The molecule has 4 atom stereocenters. The second kappa shape index (κ2) is 10.6. The van der Waals surface area contributed by atoms with Gasteiger partial charge in [0.1, 0.15) is 0 Å². The first kappa shape index (κ1) is 18.9. The van der Waals surface area contributed by atoms with E-state index in [9.17, 15) is 0 Å². The predicted octanol–water partition coefficient (Wildman–Crippen LogP) is 4.30. The average molecular weight is 300 g/mol. The minimum atomic E-state index is 0.334. The summed E-state index contributed by atoms with van der Waals surface area (Å²) >= 11 is 0. The molecular formula is C18H36O3. The first-order chi connectivity index (χ1) is 10.0. The Kier molecular flexibility index (Phi) is 9.54. The summed E-state index contributed by atoms with van der Waals surface area (Å²) in [5.41, 5.74) is 0. The van der Waals surface area contributed by atoms with Crippen LogP contribution in [0.4, 0.5) is 0 Å². The topological polar surface area (TPSA) is 27.7 Å². The van der Waals surface area contributed by atoms with E-state index in [1.165, 1.54) is 19.3 Å². The molecule has 0 heterocycles. The predicted molar refractivity (Wildman–Crippen MR) is 87.6 cm³/mol. The first-order valence-corrected chi connectivity index (χ1v) is 8.85. The van der Waals surface area contributed by atoms with Gasteiger partial charge in [-0.1, -0.05) is 34.1 Å². The van der Waals surface area contributed by atoms with Crippen LogP contribution in [0.15, 0.2) is 0 Å². The summed E-state index contributed by atoms with van der Waals surface area (Å²) in [4.78, 5) is 0. The second-order valence-electron chi connectivity index (χ2n) is 6.94. The van der Waals surface area contributed by atoms with Gasteiger partial charge in [-0.25, -0.2) is 0 Å². The van der Waals surface area contributed by atoms with Gasteiger partial charge in [0.2, 0.25) is 0 Å². The van der Waals surface area contributed by atoms with Crippen molar-refractivity contribution in [2.75, 3.05) is 26.4 Å². The fourth-order valence-electron chi connectivity index (χ4n) is 3.09. The molecule has 1 aliphatic rings. The molecule has 1 rings (SSSR count). The van der Waals surface area contributed by atoms with Gasteiger partial charge in [0, 0.05) is 0 Å². The van der Waals surface area contributed by atoms with E-state index in [0.717, 1.165) is 18.3 Å². The average Bonchev–Trinajstić information content (AvgIpc) is 2.45. The molecule has 1 aliphatic carbocycles. The van der Waals surface area contributed by atoms with Gasteiger partial charge < -0.3 is 14.2 Å². The van der Waals surface area contributed by atoms with Gasteiger partial charge in [0.15, 0.2) is 0 Å². The maximum absolute atomic E-state index is 6.11. The van der Waals surface area contributed by atoms with Crippen LogP contribution in [-0.2, 0) is 14.2 Å². The summed E-state index contributed by atoms with van der Waals surface area (Å²) in [6.45, 7) is 14.0. The monoisotopic (exact) mass is 300 g/mol. The van der Waals surface area contributed by atoms with Crippen LogP contribution in [0.1, 0.15) is 60.3 Å². The number of hydrogen-bond donors (Lipinski definition) is 0. The molecule has 0 saturated heterocycles. The first-order valence-electron chi connectivity index (χ1n) is 8.85. The molecule has 0 aromatic heterocycles. The fraction of sp³-hybridized carbons (Fsp3) is 1.00. The van der Waals surface area contributed by atoms with Crippen molar-refractivity contribution in [2.24, 2.45) is 17.8 Å². The summed E-state index contributed by atoms with van der Waals surface area (Å²) in [6, 6.07) is 0. The quantitative estimate of drug-likeness (QED) is 0.563. The van der Waals surface area contributed by atoms with Crippen molar-refractivity contribution in [3.05, 3.63) is 0 Å². The zero-order valence-electron chi connectivity index (χ0n) is 14.8. The highest BCUT2D eigenvalue weighted by atomic mass is 16.5. The summed E-state index contributed by atoms with van der Waals surface area (Å²) < 4.78 is 17.3. The van der Waals surface area contributed by atoms with Crippen molar-refractivity contribution in [3.63, 3.8) is 0 Å². The molecule has 0 radical (unpaired) electrons. The zero-order valence-corrected chi connectivity index (χ0v) is 14.8. The van der Waals surface area contributed by atoms with E-state index in [1.807, 2.05) is 0 Å². The summed E-state index contributed by atoms with van der Waals surface area (Å²) in [5.74, 6) is 2.23. The van der Waals surface area contributed by atoms with Crippen LogP contribution in [0.25, 0.3) is 0 Å². The van der Waals surface area contributed by atoms with Crippen molar-refractivity contribution in [2.45, 2.75) is 72.5 Å². The Morgan fingerprint density at radius 2 is 1.71 bits per heavy atom. The molecular weight excluding hydrogens is 264 g/mol. The second-order valence-corrected chi connectivity index (χ2v) is 6.94. The van der Waals surface area contributed by atoms with Crippen LogP contribution >= 0.6 is 0 Å². The third kappa shape index (κ3) is 7.62. The maximum Gasteiger partial charge on any atom is 0.0704 e. The molecule has 1 fully saturated rings. The molecule has 3 nitrogen and oxygen atoms in total. The molecule has 0 amide bonds. The molecule has 0 N–H and O–H groups in total. The Morgan fingerprint density at radius 1 is 1.00 bits per heavy atom. The minimum absolute atomic E-state index is 0.334. The Labute approximate surface area is 131 Å². The van der Waals surface area contributed by atoms with Gasteiger partial charge in [-0.2, -0.15) is 0 Å². The highest BCUT2D eigenvalue weighted by Crippen LogP contribution is 2.35. The molecule has 4 unspecified atom stereocenters. The maximum atomic E-state index is 6.11. The van der Waals surface area contributed by atoms with Gasteiger partial charge in [-0.3, -0.25) is 0 Å². The lowest BCUT2D eigenvalue weighted by atomic mass is 9.75. The lowest BCUT2D eigenvalue weighted by Gasteiger charge is -2.37. The van der Waals surface area contributed by atoms with Gasteiger partial charge in [-0.15, -0.1) is 0 Å². The summed E-state index contributed by atoms with van der Waals surface area (Å²) in [5, 5.41) is 0. The molecule has 0 bridgehead atoms. The Balaban J connectivity index is 2.10. The van der Waals surface area contributed by atoms with E-state index < -0.39 is 0 Å². The van der Waals surface area contributed by atoms with E-state index in [4.69, 9.17) is 14.2 Å². The van der Waals surface area contributed by atoms with Crippen molar-refractivity contribution < 1.29 is 14.2 Å². The van der Waals surface area contributed by atoms with Crippen LogP contribution in [0, 0.1) is 17.8 Å². The number of ether oxygens (including phenoxy) is 3. The molecule has 1 saturated carbocycles. The molecule has 0 aliphatic heterocycles. The van der Waals surface area contributed by atoms with Gasteiger partial charge >= 0.3 is 0 Å². The van der Waals surface area contributed by atoms with Crippen molar-refractivity contribution in [1.82, 2.24) is 0 Å². The van der Waals surface area contributed by atoms with Crippen LogP contribution in [0.2, 0.25) is 0 Å². The third-order valence-corrected chi connectivity index (χ3v) is 4.73. The smallest absolute Gasteiger partial charge is 0.0704 e. The van der Waals surface area contributed by atoms with Crippen LogP contribution in [-0.4, -0.2) is 38.6 Å². The normalized spacial score (nSPS) is 28.0. The molecule has 0 aromatic rings. The third-order valence-electron chi connectivity index (χ3n) is 4.73. The highest BCUT2D eigenvalue weighted by Gasteiger charge is 2.31. The lowest BCUT2D eigenvalue weighted by molar-refractivity contribution is -0.0647. The van der Waals surface area contributed by atoms with Crippen molar-refractivity contribution >= 4 is 0 Å². The SMILES string of the molecule is CCC(C)OCCOCCOC1CC(C)CCC1C(C)C. The van der Waals surface area contributed by atoms with E-state index in [-0.39, 0.29) is 0 Å². The number of rotatable bonds is 10. The molecule has 3 heteroatoms. The molecule has 0 spiro atoms. The van der Waals surface area contributed by atoms with E-state index >= 15 is 0 Å². The largest absolute Gasteiger partial charge is 0.377 e. The van der Waals surface area contributed by atoms with Crippen molar-refractivity contribution in [1.29, 1.82) is 0 Å². The van der Waals surface area contributed by atoms with Gasteiger partial charge in [0.25, 0.3) is 0 Å². The fourth-order valence-corrected chi connectivity index (χ4v) is 3.09. The summed E-state index contributed by atoms with van der Waals surface area (Å²) in [7, 11) is 0. The van der Waals surface area contributed by atoms with Crippen LogP contribution in [0.5, 0.6) is 0 Å². The van der Waals surface area contributed by atoms with Gasteiger partial charge in [-0.05, 0) is 43.9 Å². The zero-order chi connectivity index (χ0) is 15.7. The molecule has 126 valence electrons. The number of hydrogen-bond acceptors (Lipinski definition) is 3. The van der Waals surface area contributed by atoms with Crippen molar-refractivity contribution in [3.8, 4) is 0 Å². The summed E-state index contributed by atoms with van der Waals surface area (Å²) in [6.07, 6.45) is 5.69.